The maximum Gasteiger partial charge on any atom is 0.252 e. The van der Waals surface area contributed by atoms with Crippen molar-refractivity contribution in [2.45, 2.75) is 18.2 Å². The number of rotatable bonds is 4. The molecule has 1 unspecified atom stereocenters. The molecule has 2 nitrogen and oxygen atoms in total. The summed E-state index contributed by atoms with van der Waals surface area (Å²) in [5.74, 6) is -0.0789. The molecule has 16 heavy (non-hydrogen) atoms. The number of hydrogen-bond donors (Lipinski definition) is 1. The van der Waals surface area contributed by atoms with Gasteiger partial charge in [0, 0.05) is 20.0 Å². The molecule has 1 N–H and O–H groups in total. The van der Waals surface area contributed by atoms with Crippen molar-refractivity contribution >= 4 is 56.0 Å². The zero-order chi connectivity index (χ0) is 12.1. The first kappa shape index (κ1) is 14.3. The molecule has 0 aliphatic heterocycles. The first-order chi connectivity index (χ1) is 7.54. The second-order valence-corrected chi connectivity index (χ2v) is 6.23. The van der Waals surface area contributed by atoms with E-state index in [1.165, 1.54) is 0 Å². The normalized spacial score (nSPS) is 12.2. The van der Waals surface area contributed by atoms with Crippen LogP contribution in [0.25, 0.3) is 0 Å². The Balaban J connectivity index is 2.69. The minimum absolute atomic E-state index is 0.0789. The van der Waals surface area contributed by atoms with Gasteiger partial charge in [-0.3, -0.25) is 4.79 Å². The van der Waals surface area contributed by atoms with Crippen LogP contribution in [-0.4, -0.2) is 17.3 Å². The van der Waals surface area contributed by atoms with E-state index in [0.29, 0.717) is 22.0 Å². The topological polar surface area (TPSA) is 29.1 Å². The molecule has 0 saturated carbocycles. The van der Waals surface area contributed by atoms with Crippen LogP contribution in [0.3, 0.4) is 0 Å². The molecular formula is C11H12BrClINO. The summed E-state index contributed by atoms with van der Waals surface area (Å²) in [4.78, 5) is 12.2. The third-order valence-electron chi connectivity index (χ3n) is 2.10. The average Bonchev–Trinajstić information content (AvgIpc) is 2.28. The van der Waals surface area contributed by atoms with Crippen molar-refractivity contribution in [2.24, 2.45) is 0 Å². The molecule has 0 spiro atoms. The van der Waals surface area contributed by atoms with Gasteiger partial charge in [0.2, 0.25) is 0 Å². The molecule has 5 heteroatoms. The van der Waals surface area contributed by atoms with Gasteiger partial charge < -0.3 is 5.32 Å². The summed E-state index contributed by atoms with van der Waals surface area (Å²) in [5.41, 5.74) is 0.629. The molecule has 0 aromatic heterocycles. The van der Waals surface area contributed by atoms with Crippen LogP contribution >= 0.6 is 50.1 Å². The first-order valence-electron chi connectivity index (χ1n) is 4.92. The number of carbonyl (C=O) groups excluding carboxylic acids is 1. The smallest absolute Gasteiger partial charge is 0.252 e. The van der Waals surface area contributed by atoms with Gasteiger partial charge in [0.1, 0.15) is 0 Å². The van der Waals surface area contributed by atoms with Gasteiger partial charge in [-0.05, 0) is 47.2 Å². The lowest BCUT2D eigenvalue weighted by Gasteiger charge is -2.10. The van der Waals surface area contributed by atoms with E-state index in [4.69, 9.17) is 11.6 Å². The average molecular weight is 416 g/mol. The summed E-state index contributed by atoms with van der Waals surface area (Å²) in [6, 6.07) is 5.30. The van der Waals surface area contributed by atoms with Gasteiger partial charge in [-0.15, -0.1) is 0 Å². The van der Waals surface area contributed by atoms with Gasteiger partial charge in [-0.25, -0.2) is 0 Å². The largest absolute Gasteiger partial charge is 0.351 e. The maximum atomic E-state index is 11.8. The van der Waals surface area contributed by atoms with E-state index in [1.54, 1.807) is 12.1 Å². The third-order valence-corrected chi connectivity index (χ3v) is 4.25. The Kier molecular flexibility index (Phi) is 6.07. The molecule has 1 atom stereocenters. The highest BCUT2D eigenvalue weighted by Gasteiger charge is 2.11. The lowest BCUT2D eigenvalue weighted by atomic mass is 10.2. The predicted molar refractivity (Wildman–Crippen MR) is 79.5 cm³/mol. The number of amides is 1. The van der Waals surface area contributed by atoms with Gasteiger partial charge >= 0.3 is 0 Å². The van der Waals surface area contributed by atoms with E-state index in [2.05, 4.69) is 50.8 Å². The van der Waals surface area contributed by atoms with Gasteiger partial charge in [-0.2, -0.15) is 0 Å². The van der Waals surface area contributed by atoms with Crippen LogP contribution in [0.1, 0.15) is 23.7 Å². The number of carbonyl (C=O) groups is 1. The Bertz CT molecular complexity index is 386. The zero-order valence-electron chi connectivity index (χ0n) is 8.77. The molecule has 88 valence electrons. The minimum atomic E-state index is -0.0789. The number of benzene rings is 1. The number of nitrogens with one attached hydrogen (secondary N) is 1. The van der Waals surface area contributed by atoms with Crippen LogP contribution < -0.4 is 5.32 Å². The van der Waals surface area contributed by atoms with Crippen molar-refractivity contribution in [2.75, 3.05) is 6.54 Å². The van der Waals surface area contributed by atoms with E-state index < -0.39 is 0 Å². The molecule has 0 radical (unpaired) electrons. The molecule has 1 aromatic carbocycles. The summed E-state index contributed by atoms with van der Waals surface area (Å²) in [5, 5.41) is 3.45. The molecule has 1 rings (SSSR count). The van der Waals surface area contributed by atoms with Gasteiger partial charge in [0.25, 0.3) is 5.91 Å². The molecule has 0 fully saturated rings. The number of halogens is 3. The lowest BCUT2D eigenvalue weighted by Crippen LogP contribution is -2.29. The summed E-state index contributed by atoms with van der Waals surface area (Å²) >= 11 is 11.5. The predicted octanol–water partition coefficient (Wildman–Crippen LogP) is 3.85. The first-order valence-corrected chi connectivity index (χ1v) is 7.29. The Morgan fingerprint density at radius 1 is 1.62 bits per heavy atom. The van der Waals surface area contributed by atoms with Crippen LogP contribution in [0.4, 0.5) is 0 Å². The summed E-state index contributed by atoms with van der Waals surface area (Å²) < 4.78 is 0.905. The molecular weight excluding hydrogens is 404 g/mol. The lowest BCUT2D eigenvalue weighted by molar-refractivity contribution is 0.0953. The molecule has 0 heterocycles. The fraction of sp³-hybridized carbons (Fsp3) is 0.364. The van der Waals surface area contributed by atoms with Crippen molar-refractivity contribution in [3.63, 3.8) is 0 Å². The highest BCUT2D eigenvalue weighted by molar-refractivity contribution is 14.1. The van der Waals surface area contributed by atoms with Crippen LogP contribution in [-0.2, 0) is 0 Å². The standard InChI is InChI=1S/C11H12BrClINO/c1-2-7(12)6-15-11(16)9-5-8(13)3-4-10(9)14/h3-5,7H,2,6H2,1H3,(H,15,16). The monoisotopic (exact) mass is 415 g/mol. The van der Waals surface area contributed by atoms with Crippen molar-refractivity contribution < 1.29 is 4.79 Å². The molecule has 0 aliphatic rings. The second kappa shape index (κ2) is 6.81. The quantitative estimate of drug-likeness (QED) is 0.586. The van der Waals surface area contributed by atoms with Crippen molar-refractivity contribution in [3.05, 3.63) is 32.4 Å². The fourth-order valence-electron chi connectivity index (χ4n) is 1.11. The van der Waals surface area contributed by atoms with Gasteiger partial charge in [0.15, 0.2) is 0 Å². The van der Waals surface area contributed by atoms with Crippen LogP contribution in [0.2, 0.25) is 5.02 Å². The van der Waals surface area contributed by atoms with Gasteiger partial charge in [0.05, 0.1) is 5.56 Å². The van der Waals surface area contributed by atoms with E-state index in [0.717, 1.165) is 9.99 Å². The van der Waals surface area contributed by atoms with E-state index >= 15 is 0 Å². The zero-order valence-corrected chi connectivity index (χ0v) is 13.3. The summed E-state index contributed by atoms with van der Waals surface area (Å²) in [7, 11) is 0. The molecule has 0 saturated heterocycles. The highest BCUT2D eigenvalue weighted by atomic mass is 127. The van der Waals surface area contributed by atoms with Crippen LogP contribution in [0, 0.1) is 3.57 Å². The molecule has 0 bridgehead atoms. The molecule has 0 aliphatic carbocycles. The highest BCUT2D eigenvalue weighted by Crippen LogP contribution is 2.17. The molecule has 1 amide bonds. The Hall–Kier alpha value is 0.190. The Morgan fingerprint density at radius 2 is 2.31 bits per heavy atom. The SMILES string of the molecule is CCC(Br)CNC(=O)c1cc(Cl)ccc1I. The second-order valence-electron chi connectivity index (χ2n) is 3.34. The maximum absolute atomic E-state index is 11.8. The molecule has 1 aromatic rings. The number of alkyl halides is 1. The van der Waals surface area contributed by atoms with Crippen molar-refractivity contribution in [1.82, 2.24) is 5.32 Å². The Labute approximate surface area is 122 Å². The van der Waals surface area contributed by atoms with E-state index in [9.17, 15) is 4.79 Å². The van der Waals surface area contributed by atoms with E-state index in [1.807, 2.05) is 6.07 Å². The van der Waals surface area contributed by atoms with Crippen molar-refractivity contribution in [1.29, 1.82) is 0 Å². The van der Waals surface area contributed by atoms with Crippen molar-refractivity contribution in [3.8, 4) is 0 Å². The minimum Gasteiger partial charge on any atom is -0.351 e. The van der Waals surface area contributed by atoms with E-state index in [-0.39, 0.29) is 5.91 Å². The number of hydrogen-bond acceptors (Lipinski definition) is 1. The third kappa shape index (κ3) is 4.22. The van der Waals surface area contributed by atoms with Crippen LogP contribution in [0.5, 0.6) is 0 Å². The Morgan fingerprint density at radius 3 is 2.94 bits per heavy atom. The van der Waals surface area contributed by atoms with Gasteiger partial charge in [-0.1, -0.05) is 34.5 Å². The summed E-state index contributed by atoms with van der Waals surface area (Å²) in [6.07, 6.45) is 0.979. The van der Waals surface area contributed by atoms with Crippen LogP contribution in [0.15, 0.2) is 18.2 Å². The summed E-state index contributed by atoms with van der Waals surface area (Å²) in [6.45, 7) is 2.69. The fourth-order valence-corrected chi connectivity index (χ4v) is 2.03.